The summed E-state index contributed by atoms with van der Waals surface area (Å²) < 4.78 is 0. The number of hydrogen-bond donors (Lipinski definition) is 1. The van der Waals surface area contributed by atoms with Crippen LogP contribution in [-0.2, 0) is 0 Å². The number of halogens is 1. The Morgan fingerprint density at radius 3 is 2.62 bits per heavy atom. The van der Waals surface area contributed by atoms with E-state index in [-0.39, 0.29) is 0 Å². The van der Waals surface area contributed by atoms with Gasteiger partial charge < -0.3 is 4.98 Å². The summed E-state index contributed by atoms with van der Waals surface area (Å²) in [5.74, 6) is 0.383. The summed E-state index contributed by atoms with van der Waals surface area (Å²) >= 11 is 6.05. The molecule has 0 amide bonds. The van der Waals surface area contributed by atoms with E-state index in [2.05, 4.69) is 24.9 Å². The molecule has 13 heavy (non-hydrogen) atoms. The van der Waals surface area contributed by atoms with Crippen LogP contribution in [0.5, 0.6) is 0 Å². The van der Waals surface area contributed by atoms with E-state index in [1.165, 1.54) is 0 Å². The summed E-state index contributed by atoms with van der Waals surface area (Å²) in [5, 5.41) is 9.40. The second-order valence-electron chi connectivity index (χ2n) is 3.27. The molecule has 0 fully saturated rings. The van der Waals surface area contributed by atoms with Crippen LogP contribution in [0.2, 0.25) is 5.02 Å². The Labute approximate surface area is 83.5 Å². The third-order valence-electron chi connectivity index (χ3n) is 2.37. The van der Waals surface area contributed by atoms with E-state index in [4.69, 9.17) is 16.9 Å². The van der Waals surface area contributed by atoms with Crippen LogP contribution in [0.4, 0.5) is 0 Å². The standard InChI is InChI=1S/C10H13ClN2/c1-4-6(2)10-9(11)8(5-12)7(3)13-10/h6,13H,4H2,1-3H3. The molecule has 1 heterocycles. The van der Waals surface area contributed by atoms with E-state index >= 15 is 0 Å². The number of rotatable bonds is 2. The van der Waals surface area contributed by atoms with Crippen LogP contribution in [0.3, 0.4) is 0 Å². The number of H-pyrrole nitrogens is 1. The Balaban J connectivity index is 3.20. The second-order valence-corrected chi connectivity index (χ2v) is 3.65. The molecule has 70 valence electrons. The van der Waals surface area contributed by atoms with Gasteiger partial charge in [-0.15, -0.1) is 0 Å². The minimum atomic E-state index is 0.383. The third-order valence-corrected chi connectivity index (χ3v) is 2.76. The van der Waals surface area contributed by atoms with Crippen molar-refractivity contribution in [3.8, 4) is 6.07 Å². The molecule has 0 aliphatic carbocycles. The van der Waals surface area contributed by atoms with E-state index < -0.39 is 0 Å². The lowest BCUT2D eigenvalue weighted by Crippen LogP contribution is -1.91. The maximum absolute atomic E-state index is 8.81. The number of aromatic amines is 1. The van der Waals surface area contributed by atoms with Crippen molar-refractivity contribution in [2.75, 3.05) is 0 Å². The van der Waals surface area contributed by atoms with E-state index in [1.807, 2.05) is 6.92 Å². The van der Waals surface area contributed by atoms with Crippen LogP contribution >= 0.6 is 11.6 Å². The molecule has 1 aromatic heterocycles. The lowest BCUT2D eigenvalue weighted by molar-refractivity contribution is 0.712. The van der Waals surface area contributed by atoms with Gasteiger partial charge in [-0.1, -0.05) is 25.4 Å². The van der Waals surface area contributed by atoms with Gasteiger partial charge >= 0.3 is 0 Å². The Hall–Kier alpha value is -0.940. The van der Waals surface area contributed by atoms with Crippen LogP contribution in [-0.4, -0.2) is 4.98 Å². The van der Waals surface area contributed by atoms with Crippen molar-refractivity contribution in [2.45, 2.75) is 33.1 Å². The summed E-state index contributed by atoms with van der Waals surface area (Å²) in [6, 6.07) is 2.10. The second kappa shape index (κ2) is 3.85. The predicted molar refractivity (Wildman–Crippen MR) is 54.0 cm³/mol. The van der Waals surface area contributed by atoms with E-state index in [1.54, 1.807) is 0 Å². The highest BCUT2D eigenvalue weighted by Crippen LogP contribution is 2.30. The molecule has 0 aromatic carbocycles. The maximum atomic E-state index is 8.81. The van der Waals surface area contributed by atoms with Crippen molar-refractivity contribution in [3.63, 3.8) is 0 Å². The zero-order valence-corrected chi connectivity index (χ0v) is 8.87. The first-order chi connectivity index (χ1) is 6.11. The smallest absolute Gasteiger partial charge is 0.103 e. The lowest BCUT2D eigenvalue weighted by atomic mass is 10.1. The molecule has 0 aliphatic heterocycles. The molecular formula is C10H13ClN2. The van der Waals surface area contributed by atoms with Gasteiger partial charge in [0.15, 0.2) is 0 Å². The van der Waals surface area contributed by atoms with Crippen LogP contribution < -0.4 is 0 Å². The maximum Gasteiger partial charge on any atom is 0.103 e. The first-order valence-corrected chi connectivity index (χ1v) is 4.77. The van der Waals surface area contributed by atoms with Crippen LogP contribution in [0, 0.1) is 18.3 Å². The van der Waals surface area contributed by atoms with Gasteiger partial charge in [-0.2, -0.15) is 5.26 Å². The van der Waals surface area contributed by atoms with Gasteiger partial charge in [0.05, 0.1) is 10.6 Å². The molecular weight excluding hydrogens is 184 g/mol. The van der Waals surface area contributed by atoms with Gasteiger partial charge in [-0.05, 0) is 19.3 Å². The molecule has 2 nitrogen and oxygen atoms in total. The fraction of sp³-hybridized carbons (Fsp3) is 0.500. The Bertz CT molecular complexity index is 347. The fourth-order valence-electron chi connectivity index (χ4n) is 1.30. The average Bonchev–Trinajstić information content (AvgIpc) is 2.40. The highest BCUT2D eigenvalue weighted by Gasteiger charge is 2.16. The first kappa shape index (κ1) is 10.1. The van der Waals surface area contributed by atoms with Crippen LogP contribution in [0.1, 0.15) is 43.1 Å². The number of nitrogens with zero attached hydrogens (tertiary/aromatic N) is 1. The van der Waals surface area contributed by atoms with Crippen LogP contribution in [0.25, 0.3) is 0 Å². The van der Waals surface area contributed by atoms with Crippen molar-refractivity contribution in [1.29, 1.82) is 5.26 Å². The van der Waals surface area contributed by atoms with Gasteiger partial charge in [-0.25, -0.2) is 0 Å². The Morgan fingerprint density at radius 1 is 1.62 bits per heavy atom. The zero-order valence-electron chi connectivity index (χ0n) is 8.11. The molecule has 0 radical (unpaired) electrons. The molecule has 1 N–H and O–H groups in total. The zero-order chi connectivity index (χ0) is 10.0. The molecule has 0 bridgehead atoms. The van der Waals surface area contributed by atoms with E-state index in [0.29, 0.717) is 16.5 Å². The van der Waals surface area contributed by atoms with E-state index in [0.717, 1.165) is 17.8 Å². The summed E-state index contributed by atoms with van der Waals surface area (Å²) in [5.41, 5.74) is 2.43. The van der Waals surface area contributed by atoms with Crippen molar-refractivity contribution in [2.24, 2.45) is 0 Å². The van der Waals surface area contributed by atoms with Crippen molar-refractivity contribution in [1.82, 2.24) is 4.98 Å². The minimum Gasteiger partial charge on any atom is -0.360 e. The highest BCUT2D eigenvalue weighted by atomic mass is 35.5. The van der Waals surface area contributed by atoms with Gasteiger partial charge in [-0.3, -0.25) is 0 Å². The van der Waals surface area contributed by atoms with Gasteiger partial charge in [0.25, 0.3) is 0 Å². The number of nitriles is 1. The van der Waals surface area contributed by atoms with Crippen molar-refractivity contribution >= 4 is 11.6 Å². The quantitative estimate of drug-likeness (QED) is 0.774. The molecule has 3 heteroatoms. The number of nitrogens with one attached hydrogen (secondary N) is 1. The third kappa shape index (κ3) is 1.71. The molecule has 0 saturated heterocycles. The Kier molecular flexibility index (Phi) is 3.00. The Morgan fingerprint density at radius 2 is 2.23 bits per heavy atom. The molecule has 1 rings (SSSR count). The van der Waals surface area contributed by atoms with Gasteiger partial charge in [0.2, 0.25) is 0 Å². The molecule has 0 saturated carbocycles. The summed E-state index contributed by atoms with van der Waals surface area (Å²) in [6.45, 7) is 6.07. The monoisotopic (exact) mass is 196 g/mol. The lowest BCUT2D eigenvalue weighted by Gasteiger charge is -2.05. The van der Waals surface area contributed by atoms with Crippen molar-refractivity contribution in [3.05, 3.63) is 22.0 Å². The minimum absolute atomic E-state index is 0.383. The van der Waals surface area contributed by atoms with E-state index in [9.17, 15) is 0 Å². The first-order valence-electron chi connectivity index (χ1n) is 4.39. The normalized spacial score (nSPS) is 12.5. The molecule has 0 spiro atoms. The number of hydrogen-bond acceptors (Lipinski definition) is 1. The van der Waals surface area contributed by atoms with Gasteiger partial charge in [0.1, 0.15) is 6.07 Å². The average molecular weight is 197 g/mol. The molecule has 1 atom stereocenters. The predicted octanol–water partition coefficient (Wildman–Crippen LogP) is 3.36. The summed E-state index contributed by atoms with van der Waals surface area (Å²) in [7, 11) is 0. The SMILES string of the molecule is CCC(C)c1[nH]c(C)c(C#N)c1Cl. The molecule has 0 aliphatic rings. The summed E-state index contributed by atoms with van der Waals surface area (Å²) in [6.07, 6.45) is 1.02. The summed E-state index contributed by atoms with van der Waals surface area (Å²) in [4.78, 5) is 3.16. The topological polar surface area (TPSA) is 39.6 Å². The molecule has 1 aromatic rings. The van der Waals surface area contributed by atoms with Gasteiger partial charge in [0, 0.05) is 11.4 Å². The number of aromatic nitrogens is 1. The highest BCUT2D eigenvalue weighted by molar-refractivity contribution is 6.32. The van der Waals surface area contributed by atoms with Crippen molar-refractivity contribution < 1.29 is 0 Å². The molecule has 1 unspecified atom stereocenters. The van der Waals surface area contributed by atoms with Crippen LogP contribution in [0.15, 0.2) is 0 Å². The number of aryl methyl sites for hydroxylation is 1. The largest absolute Gasteiger partial charge is 0.360 e. The fourth-order valence-corrected chi connectivity index (χ4v) is 1.71.